The Morgan fingerprint density at radius 2 is 2.11 bits per heavy atom. The molecule has 1 saturated carbocycles. The van der Waals surface area contributed by atoms with E-state index >= 15 is 0 Å². The highest BCUT2D eigenvalue weighted by Gasteiger charge is 2.24. The third-order valence-electron chi connectivity index (χ3n) is 4.52. The van der Waals surface area contributed by atoms with Crippen molar-refractivity contribution in [2.75, 3.05) is 19.0 Å². The lowest BCUT2D eigenvalue weighted by atomic mass is 9.83. The third kappa shape index (κ3) is 3.35. The maximum absolute atomic E-state index is 6.05. The zero-order valence-electron chi connectivity index (χ0n) is 11.8. The quantitative estimate of drug-likeness (QED) is 0.787. The Bertz CT molecular complexity index is 417. The van der Waals surface area contributed by atoms with Gasteiger partial charge in [-0.15, -0.1) is 11.8 Å². The predicted octanol–water partition coefficient (Wildman–Crippen LogP) is 4.72. The fourth-order valence-corrected chi connectivity index (χ4v) is 4.69. The SMILES string of the molecule is CC1CCCC(COCC2CSc3ccccc32)C1. The fourth-order valence-electron chi connectivity index (χ4n) is 3.46. The van der Waals surface area contributed by atoms with Crippen molar-refractivity contribution in [3.63, 3.8) is 0 Å². The van der Waals surface area contributed by atoms with Crippen LogP contribution in [0.4, 0.5) is 0 Å². The summed E-state index contributed by atoms with van der Waals surface area (Å²) in [5, 5.41) is 0. The van der Waals surface area contributed by atoms with Gasteiger partial charge in [0.15, 0.2) is 0 Å². The Balaban J connectivity index is 1.46. The lowest BCUT2D eigenvalue weighted by Crippen LogP contribution is -2.20. The van der Waals surface area contributed by atoms with Crippen LogP contribution in [0.3, 0.4) is 0 Å². The van der Waals surface area contributed by atoms with E-state index in [0.29, 0.717) is 5.92 Å². The molecule has 2 aliphatic rings. The van der Waals surface area contributed by atoms with Crippen LogP contribution in [0.1, 0.15) is 44.1 Å². The first-order valence-corrected chi connectivity index (χ1v) is 8.61. The second kappa shape index (κ2) is 6.32. The zero-order chi connectivity index (χ0) is 13.1. The standard InChI is InChI=1S/C17H24OS/c1-13-5-4-6-14(9-13)10-18-11-15-12-19-17-8-3-2-7-16(15)17/h2-3,7-8,13-15H,4-6,9-12H2,1H3. The molecule has 1 aliphatic heterocycles. The zero-order valence-corrected chi connectivity index (χ0v) is 12.6. The number of rotatable bonds is 4. The molecule has 0 N–H and O–H groups in total. The first-order chi connectivity index (χ1) is 9.33. The topological polar surface area (TPSA) is 9.23 Å². The average molecular weight is 276 g/mol. The van der Waals surface area contributed by atoms with Crippen LogP contribution in [0.15, 0.2) is 29.2 Å². The van der Waals surface area contributed by atoms with Crippen molar-refractivity contribution in [2.45, 2.75) is 43.4 Å². The van der Waals surface area contributed by atoms with E-state index in [1.807, 2.05) is 11.8 Å². The summed E-state index contributed by atoms with van der Waals surface area (Å²) in [6, 6.07) is 8.80. The maximum atomic E-state index is 6.05. The highest BCUT2D eigenvalue weighted by atomic mass is 32.2. The van der Waals surface area contributed by atoms with Gasteiger partial charge in [-0.25, -0.2) is 0 Å². The van der Waals surface area contributed by atoms with Gasteiger partial charge in [-0.1, -0.05) is 38.0 Å². The van der Waals surface area contributed by atoms with Crippen molar-refractivity contribution in [3.05, 3.63) is 29.8 Å². The summed E-state index contributed by atoms with van der Waals surface area (Å²) in [7, 11) is 0. The van der Waals surface area contributed by atoms with Crippen LogP contribution in [0.2, 0.25) is 0 Å². The van der Waals surface area contributed by atoms with Crippen LogP contribution in [-0.2, 0) is 4.74 Å². The molecule has 0 saturated heterocycles. The Morgan fingerprint density at radius 1 is 1.21 bits per heavy atom. The van der Waals surface area contributed by atoms with Gasteiger partial charge in [-0.3, -0.25) is 0 Å². The van der Waals surface area contributed by atoms with Gasteiger partial charge in [0, 0.05) is 23.2 Å². The summed E-state index contributed by atoms with van der Waals surface area (Å²) in [5.74, 6) is 3.53. The lowest BCUT2D eigenvalue weighted by molar-refractivity contribution is 0.0702. The van der Waals surface area contributed by atoms with E-state index in [2.05, 4.69) is 31.2 Å². The minimum absolute atomic E-state index is 0.613. The molecule has 2 heteroatoms. The normalized spacial score (nSPS) is 30.3. The van der Waals surface area contributed by atoms with Gasteiger partial charge in [0.05, 0.1) is 6.61 Å². The molecule has 0 spiro atoms. The maximum Gasteiger partial charge on any atom is 0.0543 e. The summed E-state index contributed by atoms with van der Waals surface area (Å²) in [4.78, 5) is 1.46. The summed E-state index contributed by atoms with van der Waals surface area (Å²) in [5.41, 5.74) is 1.50. The number of ether oxygens (including phenoxy) is 1. The summed E-state index contributed by atoms with van der Waals surface area (Å²) in [6.45, 7) is 4.28. The molecule has 0 amide bonds. The summed E-state index contributed by atoms with van der Waals surface area (Å²) in [6.07, 6.45) is 5.57. The molecule has 1 heterocycles. The molecule has 19 heavy (non-hydrogen) atoms. The van der Waals surface area contributed by atoms with Gasteiger partial charge >= 0.3 is 0 Å². The Hall–Kier alpha value is -0.470. The Kier molecular flexibility index (Phi) is 4.49. The van der Waals surface area contributed by atoms with E-state index < -0.39 is 0 Å². The van der Waals surface area contributed by atoms with Crippen molar-refractivity contribution >= 4 is 11.8 Å². The van der Waals surface area contributed by atoms with Gasteiger partial charge in [-0.2, -0.15) is 0 Å². The van der Waals surface area contributed by atoms with E-state index in [-0.39, 0.29) is 0 Å². The predicted molar refractivity (Wildman–Crippen MR) is 81.8 cm³/mol. The highest BCUT2D eigenvalue weighted by Crippen LogP contribution is 2.39. The summed E-state index contributed by atoms with van der Waals surface area (Å²) >= 11 is 1.98. The molecule has 0 bridgehead atoms. The molecule has 1 fully saturated rings. The Morgan fingerprint density at radius 3 is 3.00 bits per heavy atom. The second-order valence-electron chi connectivity index (χ2n) is 6.22. The fraction of sp³-hybridized carbons (Fsp3) is 0.647. The molecular weight excluding hydrogens is 252 g/mol. The first-order valence-electron chi connectivity index (χ1n) is 7.62. The van der Waals surface area contributed by atoms with E-state index in [1.54, 1.807) is 0 Å². The van der Waals surface area contributed by atoms with Crippen LogP contribution >= 0.6 is 11.8 Å². The van der Waals surface area contributed by atoms with E-state index in [9.17, 15) is 0 Å². The highest BCUT2D eigenvalue weighted by molar-refractivity contribution is 7.99. The molecule has 3 unspecified atom stereocenters. The lowest BCUT2D eigenvalue weighted by Gasteiger charge is -2.26. The molecule has 1 nitrogen and oxygen atoms in total. The smallest absolute Gasteiger partial charge is 0.0543 e. The molecule has 3 rings (SSSR count). The molecule has 0 radical (unpaired) electrons. The number of benzene rings is 1. The minimum atomic E-state index is 0.613. The van der Waals surface area contributed by atoms with Crippen molar-refractivity contribution in [1.82, 2.24) is 0 Å². The van der Waals surface area contributed by atoms with Crippen LogP contribution in [0, 0.1) is 11.8 Å². The second-order valence-corrected chi connectivity index (χ2v) is 7.28. The van der Waals surface area contributed by atoms with Crippen molar-refractivity contribution in [2.24, 2.45) is 11.8 Å². The van der Waals surface area contributed by atoms with Crippen LogP contribution in [0.25, 0.3) is 0 Å². The number of hydrogen-bond acceptors (Lipinski definition) is 2. The van der Waals surface area contributed by atoms with Gasteiger partial charge in [0.2, 0.25) is 0 Å². The number of thioether (sulfide) groups is 1. The molecule has 104 valence electrons. The Labute approximate surface area is 121 Å². The van der Waals surface area contributed by atoms with E-state index in [1.165, 1.54) is 41.9 Å². The first kappa shape index (κ1) is 13.5. The van der Waals surface area contributed by atoms with Crippen LogP contribution in [-0.4, -0.2) is 19.0 Å². The molecule has 1 aliphatic carbocycles. The average Bonchev–Trinajstić information content (AvgIpc) is 2.83. The largest absolute Gasteiger partial charge is 0.380 e. The van der Waals surface area contributed by atoms with Crippen LogP contribution < -0.4 is 0 Å². The van der Waals surface area contributed by atoms with E-state index in [0.717, 1.165) is 25.0 Å². The summed E-state index contributed by atoms with van der Waals surface area (Å²) < 4.78 is 6.05. The van der Waals surface area contributed by atoms with Gasteiger partial charge in [0.1, 0.15) is 0 Å². The van der Waals surface area contributed by atoms with E-state index in [4.69, 9.17) is 4.74 Å². The van der Waals surface area contributed by atoms with Crippen molar-refractivity contribution < 1.29 is 4.74 Å². The monoisotopic (exact) mass is 276 g/mol. The van der Waals surface area contributed by atoms with Crippen molar-refractivity contribution in [3.8, 4) is 0 Å². The van der Waals surface area contributed by atoms with Gasteiger partial charge in [-0.05, 0) is 36.3 Å². The molecule has 0 aromatic heterocycles. The molecular formula is C17H24OS. The molecule has 1 aromatic rings. The van der Waals surface area contributed by atoms with Gasteiger partial charge in [0.25, 0.3) is 0 Å². The third-order valence-corrected chi connectivity index (χ3v) is 5.77. The molecule has 3 atom stereocenters. The number of hydrogen-bond donors (Lipinski definition) is 0. The minimum Gasteiger partial charge on any atom is -0.380 e. The van der Waals surface area contributed by atoms with Crippen LogP contribution in [0.5, 0.6) is 0 Å². The van der Waals surface area contributed by atoms with Crippen molar-refractivity contribution in [1.29, 1.82) is 0 Å². The molecule has 1 aromatic carbocycles. The van der Waals surface area contributed by atoms with Gasteiger partial charge < -0.3 is 4.74 Å². The number of fused-ring (bicyclic) bond motifs is 1.